The van der Waals surface area contributed by atoms with Crippen LogP contribution in [-0.2, 0) is 0 Å². The van der Waals surface area contributed by atoms with Crippen LogP contribution in [0, 0.1) is 0 Å². The molecule has 54 valence electrons. The van der Waals surface area contributed by atoms with Gasteiger partial charge < -0.3 is 9.84 Å². The van der Waals surface area contributed by atoms with E-state index in [1.807, 2.05) is 22.6 Å². The molecular weight excluding hydrogens is 247 g/mol. The molecule has 10 heavy (non-hydrogen) atoms. The highest BCUT2D eigenvalue weighted by Crippen LogP contribution is 2.07. The van der Waals surface area contributed by atoms with Crippen molar-refractivity contribution in [3.05, 3.63) is 12.3 Å². The second-order valence-electron chi connectivity index (χ2n) is 1.45. The molecule has 1 aromatic rings. The number of aromatic hydroxyl groups is 1. The van der Waals surface area contributed by atoms with Crippen molar-refractivity contribution < 1.29 is 9.84 Å². The Balaban J connectivity index is 2.75. The molecule has 0 spiro atoms. The second kappa shape index (κ2) is 3.55. The van der Waals surface area contributed by atoms with Gasteiger partial charge in [-0.25, -0.2) is 4.98 Å². The van der Waals surface area contributed by atoms with Crippen LogP contribution >= 0.6 is 22.6 Å². The van der Waals surface area contributed by atoms with E-state index in [0.29, 0.717) is 4.61 Å². The van der Waals surface area contributed by atoms with Gasteiger partial charge in [-0.2, -0.15) is 4.98 Å². The number of ether oxygens (including phenoxy) is 1. The molecule has 0 saturated carbocycles. The Kier molecular flexibility index (Phi) is 2.67. The zero-order chi connectivity index (χ0) is 7.40. The number of aromatic nitrogens is 2. The predicted octanol–water partition coefficient (Wildman–Crippen LogP) is 0.954. The highest BCUT2D eigenvalue weighted by Gasteiger charge is 1.95. The van der Waals surface area contributed by atoms with E-state index in [0.717, 1.165) is 0 Å². The molecule has 0 unspecified atom stereocenters. The lowest BCUT2D eigenvalue weighted by atomic mass is 10.6. The SMILES string of the molecule is Oc1ccnc(OCI)n1. The summed E-state index contributed by atoms with van der Waals surface area (Å²) in [6.45, 7) is 0. The van der Waals surface area contributed by atoms with Gasteiger partial charge in [0, 0.05) is 12.3 Å². The van der Waals surface area contributed by atoms with Crippen LogP contribution in [0.25, 0.3) is 0 Å². The van der Waals surface area contributed by atoms with Crippen LogP contribution in [0.5, 0.6) is 11.9 Å². The summed E-state index contributed by atoms with van der Waals surface area (Å²) < 4.78 is 5.36. The summed E-state index contributed by atoms with van der Waals surface area (Å²) in [4.78, 5) is 7.31. The standard InChI is InChI=1S/C5H5IN2O2/c6-3-10-5-7-2-1-4(9)8-5/h1-2H,3H2,(H,7,8,9). The maximum Gasteiger partial charge on any atom is 0.320 e. The molecule has 0 radical (unpaired) electrons. The molecule has 0 saturated heterocycles. The zero-order valence-corrected chi connectivity index (χ0v) is 7.15. The molecule has 1 heterocycles. The van der Waals surface area contributed by atoms with Crippen LogP contribution in [0.3, 0.4) is 0 Å². The molecule has 0 bridgehead atoms. The summed E-state index contributed by atoms with van der Waals surface area (Å²) in [5.74, 6) is -0.0742. The Morgan fingerprint density at radius 3 is 3.10 bits per heavy atom. The van der Waals surface area contributed by atoms with Crippen molar-refractivity contribution in [1.29, 1.82) is 0 Å². The first-order valence-electron chi connectivity index (χ1n) is 2.53. The van der Waals surface area contributed by atoms with Gasteiger partial charge in [-0.3, -0.25) is 0 Å². The molecule has 1 N–H and O–H groups in total. The molecule has 0 fully saturated rings. The molecule has 0 aromatic carbocycles. The summed E-state index contributed by atoms with van der Waals surface area (Å²) in [6, 6.07) is 1.59. The van der Waals surface area contributed by atoms with Gasteiger partial charge >= 0.3 is 6.01 Å². The van der Waals surface area contributed by atoms with Crippen molar-refractivity contribution in [1.82, 2.24) is 9.97 Å². The first-order chi connectivity index (χ1) is 4.83. The van der Waals surface area contributed by atoms with Gasteiger partial charge in [0.1, 0.15) is 4.61 Å². The third-order valence-corrected chi connectivity index (χ3v) is 1.11. The van der Waals surface area contributed by atoms with Crippen molar-refractivity contribution in [2.45, 2.75) is 0 Å². The minimum absolute atomic E-state index is 0.0742. The smallest absolute Gasteiger partial charge is 0.320 e. The van der Waals surface area contributed by atoms with Crippen LogP contribution < -0.4 is 4.74 Å². The van der Waals surface area contributed by atoms with Crippen molar-refractivity contribution in [2.24, 2.45) is 0 Å². The Hall–Kier alpha value is -0.590. The van der Waals surface area contributed by atoms with E-state index in [1.54, 1.807) is 0 Å². The molecule has 5 heteroatoms. The number of hydrogen-bond acceptors (Lipinski definition) is 4. The summed E-state index contributed by atoms with van der Waals surface area (Å²) in [5.41, 5.74) is 0. The van der Waals surface area contributed by atoms with Gasteiger partial charge in [0.25, 0.3) is 0 Å². The molecule has 0 atom stereocenters. The summed E-state index contributed by atoms with van der Waals surface area (Å²) in [6.07, 6.45) is 1.43. The van der Waals surface area contributed by atoms with Crippen LogP contribution in [0.15, 0.2) is 12.3 Å². The average Bonchev–Trinajstić information content (AvgIpc) is 1.88. The number of hydrogen-bond donors (Lipinski definition) is 1. The molecule has 1 aromatic heterocycles. The van der Waals surface area contributed by atoms with Gasteiger partial charge in [-0.1, -0.05) is 0 Å². The molecule has 0 aliphatic heterocycles. The largest absolute Gasteiger partial charge is 0.493 e. The molecule has 1 rings (SSSR count). The van der Waals surface area contributed by atoms with Crippen molar-refractivity contribution in [3.63, 3.8) is 0 Å². The van der Waals surface area contributed by atoms with E-state index in [9.17, 15) is 0 Å². The summed E-state index contributed by atoms with van der Waals surface area (Å²) in [5, 5.41) is 8.81. The van der Waals surface area contributed by atoms with Gasteiger partial charge in [0.05, 0.1) is 0 Å². The van der Waals surface area contributed by atoms with Gasteiger partial charge in [-0.05, 0) is 22.6 Å². The maximum atomic E-state index is 8.81. The van der Waals surface area contributed by atoms with Gasteiger partial charge in [0.15, 0.2) is 0 Å². The Morgan fingerprint density at radius 2 is 2.50 bits per heavy atom. The normalized spacial score (nSPS) is 9.30. The summed E-state index contributed by atoms with van der Waals surface area (Å²) >= 11 is 2.02. The fourth-order valence-electron chi connectivity index (χ4n) is 0.450. The van der Waals surface area contributed by atoms with Crippen LogP contribution in [-0.4, -0.2) is 19.7 Å². The monoisotopic (exact) mass is 252 g/mol. The molecule has 0 aliphatic rings. The van der Waals surface area contributed by atoms with E-state index >= 15 is 0 Å². The van der Waals surface area contributed by atoms with E-state index in [-0.39, 0.29) is 11.9 Å². The van der Waals surface area contributed by atoms with Crippen LogP contribution in [0.4, 0.5) is 0 Å². The zero-order valence-electron chi connectivity index (χ0n) is 4.99. The number of nitrogens with zero attached hydrogens (tertiary/aromatic N) is 2. The highest BCUT2D eigenvalue weighted by molar-refractivity contribution is 14.1. The minimum atomic E-state index is -0.0742. The number of alkyl halides is 1. The topological polar surface area (TPSA) is 55.2 Å². The number of rotatable bonds is 2. The van der Waals surface area contributed by atoms with Gasteiger partial charge in [0.2, 0.25) is 5.88 Å². The Bertz CT molecular complexity index is 219. The molecule has 0 amide bonds. The lowest BCUT2D eigenvalue weighted by molar-refractivity contribution is 0.356. The van der Waals surface area contributed by atoms with Gasteiger partial charge in [-0.15, -0.1) is 0 Å². The van der Waals surface area contributed by atoms with Crippen LogP contribution in [0.2, 0.25) is 0 Å². The Morgan fingerprint density at radius 1 is 1.70 bits per heavy atom. The first kappa shape index (κ1) is 7.52. The van der Waals surface area contributed by atoms with Crippen LogP contribution in [0.1, 0.15) is 0 Å². The summed E-state index contributed by atoms with van der Waals surface area (Å²) in [7, 11) is 0. The van der Waals surface area contributed by atoms with E-state index < -0.39 is 0 Å². The second-order valence-corrected chi connectivity index (χ2v) is 2.07. The Labute approximate surface area is 71.4 Å². The van der Waals surface area contributed by atoms with Crippen molar-refractivity contribution in [3.8, 4) is 11.9 Å². The van der Waals surface area contributed by atoms with E-state index in [4.69, 9.17) is 9.84 Å². The third-order valence-electron chi connectivity index (χ3n) is 0.802. The lowest BCUT2D eigenvalue weighted by Gasteiger charge is -1.97. The fourth-order valence-corrected chi connectivity index (χ4v) is 0.729. The van der Waals surface area contributed by atoms with E-state index in [2.05, 4.69) is 9.97 Å². The third kappa shape index (κ3) is 1.98. The van der Waals surface area contributed by atoms with Crippen molar-refractivity contribution in [2.75, 3.05) is 4.61 Å². The molecule has 4 nitrogen and oxygen atoms in total. The highest BCUT2D eigenvalue weighted by atomic mass is 127. The predicted molar refractivity (Wildman–Crippen MR) is 43.2 cm³/mol. The molecular formula is C5H5IN2O2. The quantitative estimate of drug-likeness (QED) is 0.629. The average molecular weight is 252 g/mol. The minimum Gasteiger partial charge on any atom is -0.493 e. The van der Waals surface area contributed by atoms with E-state index in [1.165, 1.54) is 12.3 Å². The first-order valence-corrected chi connectivity index (χ1v) is 4.06. The number of halogens is 1. The molecule has 0 aliphatic carbocycles. The fraction of sp³-hybridized carbons (Fsp3) is 0.200. The maximum absolute atomic E-state index is 8.81. The lowest BCUT2D eigenvalue weighted by Crippen LogP contribution is -1.93. The van der Waals surface area contributed by atoms with Crippen molar-refractivity contribution >= 4 is 22.6 Å².